The maximum absolute atomic E-state index is 12.3. The molecule has 2 N–H and O–H groups in total. The average molecular weight is 373 g/mol. The summed E-state index contributed by atoms with van der Waals surface area (Å²) in [6.45, 7) is 1.69. The Bertz CT molecular complexity index is 761. The lowest BCUT2D eigenvalue weighted by molar-refractivity contribution is -0.121. The first-order valence-electron chi connectivity index (χ1n) is 8.60. The van der Waals surface area contributed by atoms with Crippen LogP contribution in [0.5, 0.6) is 0 Å². The van der Waals surface area contributed by atoms with Gasteiger partial charge in [0, 0.05) is 17.8 Å². The van der Waals surface area contributed by atoms with Crippen LogP contribution in [0.3, 0.4) is 0 Å². The number of amides is 2. The topological polar surface area (TPSA) is 74.3 Å². The van der Waals surface area contributed by atoms with Crippen molar-refractivity contribution in [1.82, 2.24) is 9.88 Å². The van der Waals surface area contributed by atoms with Gasteiger partial charge in [-0.15, -0.1) is 0 Å². The third-order valence-corrected chi connectivity index (χ3v) is 4.70. The second-order valence-electron chi connectivity index (χ2n) is 6.30. The van der Waals surface area contributed by atoms with Crippen molar-refractivity contribution < 1.29 is 9.59 Å². The smallest absolute Gasteiger partial charge is 0.238 e. The lowest BCUT2D eigenvalue weighted by Crippen LogP contribution is -2.41. The Morgan fingerprint density at radius 2 is 1.81 bits per heavy atom. The molecule has 1 aromatic heterocycles. The zero-order valence-corrected chi connectivity index (χ0v) is 15.1. The normalized spacial score (nSPS) is 15.4. The fourth-order valence-corrected chi connectivity index (χ4v) is 3.16. The van der Waals surface area contributed by atoms with Crippen molar-refractivity contribution in [2.45, 2.75) is 12.8 Å². The first-order valence-corrected chi connectivity index (χ1v) is 8.98. The number of carbonyl (C=O) groups excluding carboxylic acids is 2. The van der Waals surface area contributed by atoms with Crippen molar-refractivity contribution in [3.63, 3.8) is 0 Å². The SMILES string of the molecule is O=C(CN1CCC(C(=O)Nc2ccccc2)CC1)Nc1cccnc1Cl. The molecule has 0 aliphatic carbocycles. The van der Waals surface area contributed by atoms with Gasteiger partial charge in [-0.3, -0.25) is 14.5 Å². The number of halogens is 1. The molecule has 0 atom stereocenters. The lowest BCUT2D eigenvalue weighted by Gasteiger charge is -2.30. The second-order valence-corrected chi connectivity index (χ2v) is 6.65. The van der Waals surface area contributed by atoms with Gasteiger partial charge in [-0.05, 0) is 50.2 Å². The second kappa shape index (κ2) is 8.78. The largest absolute Gasteiger partial charge is 0.326 e. The van der Waals surface area contributed by atoms with Gasteiger partial charge in [-0.1, -0.05) is 29.8 Å². The predicted octanol–water partition coefficient (Wildman–Crippen LogP) is 3.02. The van der Waals surface area contributed by atoms with Crippen LogP contribution in [0.25, 0.3) is 0 Å². The van der Waals surface area contributed by atoms with Crippen molar-refractivity contribution >= 4 is 34.8 Å². The molecule has 1 aromatic carbocycles. The standard InChI is InChI=1S/C19H21ClN4O2/c20-18-16(7-4-10-21-18)23-17(25)13-24-11-8-14(9-12-24)19(26)22-15-5-2-1-3-6-15/h1-7,10,14H,8-9,11-13H2,(H,22,26)(H,23,25). The van der Waals surface area contributed by atoms with Crippen LogP contribution < -0.4 is 10.6 Å². The molecular weight excluding hydrogens is 352 g/mol. The maximum atomic E-state index is 12.3. The minimum Gasteiger partial charge on any atom is -0.326 e. The zero-order chi connectivity index (χ0) is 18.4. The van der Waals surface area contributed by atoms with Gasteiger partial charge in [0.25, 0.3) is 0 Å². The number of hydrogen-bond donors (Lipinski definition) is 2. The molecule has 0 saturated carbocycles. The van der Waals surface area contributed by atoms with E-state index in [0.717, 1.165) is 18.5 Å². The summed E-state index contributed by atoms with van der Waals surface area (Å²) in [6, 6.07) is 12.9. The Kier molecular flexibility index (Phi) is 6.20. The first-order chi connectivity index (χ1) is 12.6. The van der Waals surface area contributed by atoms with Crippen LogP contribution in [-0.2, 0) is 9.59 Å². The molecule has 3 rings (SSSR count). The first kappa shape index (κ1) is 18.4. The van der Waals surface area contributed by atoms with Gasteiger partial charge in [-0.2, -0.15) is 0 Å². The van der Waals surface area contributed by atoms with E-state index in [-0.39, 0.29) is 29.4 Å². The number of piperidine rings is 1. The number of pyridine rings is 1. The highest BCUT2D eigenvalue weighted by atomic mass is 35.5. The molecule has 26 heavy (non-hydrogen) atoms. The summed E-state index contributed by atoms with van der Waals surface area (Å²) in [5, 5.41) is 5.99. The summed E-state index contributed by atoms with van der Waals surface area (Å²) in [6.07, 6.45) is 3.04. The zero-order valence-electron chi connectivity index (χ0n) is 14.3. The molecular formula is C19H21ClN4O2. The number of rotatable bonds is 5. The minimum atomic E-state index is -0.132. The predicted molar refractivity (Wildman–Crippen MR) is 102 cm³/mol. The van der Waals surface area contributed by atoms with Crippen LogP contribution in [0.4, 0.5) is 11.4 Å². The van der Waals surface area contributed by atoms with Gasteiger partial charge in [0.1, 0.15) is 0 Å². The van der Waals surface area contributed by atoms with Crippen LogP contribution in [0.2, 0.25) is 5.15 Å². The molecule has 1 saturated heterocycles. The van der Waals surface area contributed by atoms with E-state index < -0.39 is 0 Å². The number of anilines is 2. The van der Waals surface area contributed by atoms with Gasteiger partial charge in [0.05, 0.1) is 12.2 Å². The molecule has 0 radical (unpaired) electrons. The average Bonchev–Trinajstić information content (AvgIpc) is 2.65. The van der Waals surface area contributed by atoms with E-state index >= 15 is 0 Å². The number of para-hydroxylation sites is 1. The van der Waals surface area contributed by atoms with Crippen molar-refractivity contribution in [3.05, 3.63) is 53.8 Å². The summed E-state index contributed by atoms with van der Waals surface area (Å²) < 4.78 is 0. The molecule has 0 unspecified atom stereocenters. The fraction of sp³-hybridized carbons (Fsp3) is 0.316. The molecule has 1 aliphatic rings. The molecule has 6 nitrogen and oxygen atoms in total. The number of nitrogens with one attached hydrogen (secondary N) is 2. The van der Waals surface area contributed by atoms with E-state index in [9.17, 15) is 9.59 Å². The van der Waals surface area contributed by atoms with Gasteiger partial charge in [0.15, 0.2) is 5.15 Å². The highest BCUT2D eigenvalue weighted by Gasteiger charge is 2.26. The summed E-state index contributed by atoms with van der Waals surface area (Å²) in [4.78, 5) is 30.5. The van der Waals surface area contributed by atoms with E-state index in [4.69, 9.17) is 11.6 Å². The van der Waals surface area contributed by atoms with E-state index in [2.05, 4.69) is 15.6 Å². The van der Waals surface area contributed by atoms with Gasteiger partial charge < -0.3 is 10.6 Å². The van der Waals surface area contributed by atoms with E-state index in [1.54, 1.807) is 18.3 Å². The molecule has 2 amide bonds. The molecule has 1 fully saturated rings. The van der Waals surface area contributed by atoms with E-state index in [0.29, 0.717) is 18.8 Å². The highest BCUT2D eigenvalue weighted by Crippen LogP contribution is 2.20. The maximum Gasteiger partial charge on any atom is 0.238 e. The third-order valence-electron chi connectivity index (χ3n) is 4.40. The lowest BCUT2D eigenvalue weighted by atomic mass is 9.96. The van der Waals surface area contributed by atoms with E-state index in [1.807, 2.05) is 35.2 Å². The minimum absolute atomic E-state index is 0.0257. The molecule has 0 spiro atoms. The Hall–Kier alpha value is -2.44. The van der Waals surface area contributed by atoms with Crippen molar-refractivity contribution in [2.75, 3.05) is 30.3 Å². The number of benzene rings is 1. The molecule has 1 aliphatic heterocycles. The molecule has 136 valence electrons. The Morgan fingerprint density at radius 1 is 1.08 bits per heavy atom. The quantitative estimate of drug-likeness (QED) is 0.791. The number of aromatic nitrogens is 1. The third kappa shape index (κ3) is 5.03. The number of nitrogens with zero attached hydrogens (tertiary/aromatic N) is 2. The molecule has 2 aromatic rings. The summed E-state index contributed by atoms with van der Waals surface area (Å²) in [7, 11) is 0. The van der Waals surface area contributed by atoms with Crippen molar-refractivity contribution in [2.24, 2.45) is 5.92 Å². The number of carbonyl (C=O) groups is 2. The van der Waals surface area contributed by atoms with Crippen LogP contribution in [0.15, 0.2) is 48.7 Å². The summed E-state index contributed by atoms with van der Waals surface area (Å²) in [5.74, 6) is -0.114. The van der Waals surface area contributed by atoms with Crippen LogP contribution in [0.1, 0.15) is 12.8 Å². The van der Waals surface area contributed by atoms with E-state index in [1.165, 1.54) is 0 Å². The number of likely N-dealkylation sites (tertiary alicyclic amines) is 1. The van der Waals surface area contributed by atoms with Crippen molar-refractivity contribution in [1.29, 1.82) is 0 Å². The van der Waals surface area contributed by atoms with Gasteiger partial charge in [0.2, 0.25) is 11.8 Å². The molecule has 0 bridgehead atoms. The molecule has 2 heterocycles. The van der Waals surface area contributed by atoms with Crippen LogP contribution in [-0.4, -0.2) is 41.3 Å². The molecule has 7 heteroatoms. The fourth-order valence-electron chi connectivity index (χ4n) is 2.99. The summed E-state index contributed by atoms with van der Waals surface area (Å²) in [5.41, 5.74) is 1.32. The van der Waals surface area contributed by atoms with Crippen LogP contribution in [0, 0.1) is 5.92 Å². The van der Waals surface area contributed by atoms with Crippen molar-refractivity contribution in [3.8, 4) is 0 Å². The Balaban J connectivity index is 1.44. The highest BCUT2D eigenvalue weighted by molar-refractivity contribution is 6.32. The van der Waals surface area contributed by atoms with Crippen LogP contribution >= 0.6 is 11.6 Å². The number of hydrogen-bond acceptors (Lipinski definition) is 4. The van der Waals surface area contributed by atoms with Gasteiger partial charge >= 0.3 is 0 Å². The summed E-state index contributed by atoms with van der Waals surface area (Å²) >= 11 is 5.95. The monoisotopic (exact) mass is 372 g/mol. The Labute approximate surface area is 157 Å². The van der Waals surface area contributed by atoms with Gasteiger partial charge in [-0.25, -0.2) is 4.98 Å². The Morgan fingerprint density at radius 3 is 2.50 bits per heavy atom.